The van der Waals surface area contributed by atoms with Crippen LogP contribution in [0.3, 0.4) is 0 Å². The zero-order valence-electron chi connectivity index (χ0n) is 19.3. The zero-order valence-corrected chi connectivity index (χ0v) is 20.1. The van der Waals surface area contributed by atoms with Gasteiger partial charge in [-0.1, -0.05) is 18.2 Å². The highest BCUT2D eigenvalue weighted by Crippen LogP contribution is 2.42. The molecule has 2 aromatic carbocycles. The van der Waals surface area contributed by atoms with Crippen LogP contribution < -0.4 is 14.8 Å². The van der Waals surface area contributed by atoms with E-state index in [9.17, 15) is 4.79 Å². The lowest BCUT2D eigenvalue weighted by atomic mass is 9.96. The van der Waals surface area contributed by atoms with Crippen molar-refractivity contribution in [2.24, 2.45) is 0 Å². The van der Waals surface area contributed by atoms with Crippen LogP contribution in [0, 0.1) is 13.8 Å². The Balaban J connectivity index is 1.82. The molecule has 0 saturated heterocycles. The molecule has 0 fully saturated rings. The summed E-state index contributed by atoms with van der Waals surface area (Å²) >= 11 is 1.40. The largest absolute Gasteiger partial charge is 0.496 e. The average molecular weight is 463 g/mol. The highest BCUT2D eigenvalue weighted by Gasteiger charge is 2.20. The van der Waals surface area contributed by atoms with Gasteiger partial charge in [0, 0.05) is 39.1 Å². The number of nitrogens with one attached hydrogen (secondary N) is 1. The van der Waals surface area contributed by atoms with Crippen LogP contribution in [0.15, 0.2) is 52.5 Å². The van der Waals surface area contributed by atoms with Crippen LogP contribution >= 0.6 is 11.3 Å². The van der Waals surface area contributed by atoms with Crippen molar-refractivity contribution in [1.29, 1.82) is 0 Å². The first kappa shape index (κ1) is 22.6. The number of aryl methyl sites for hydroxylation is 2. The fourth-order valence-electron chi connectivity index (χ4n) is 3.84. The third-order valence-corrected chi connectivity index (χ3v) is 6.23. The summed E-state index contributed by atoms with van der Waals surface area (Å²) in [6.45, 7) is 8.20. The molecular weight excluding hydrogens is 436 g/mol. The van der Waals surface area contributed by atoms with Gasteiger partial charge in [-0.2, -0.15) is 0 Å². The fourth-order valence-corrected chi connectivity index (χ4v) is 4.53. The first-order valence-corrected chi connectivity index (χ1v) is 11.5. The Labute approximate surface area is 196 Å². The number of aromatic nitrogens is 1. The summed E-state index contributed by atoms with van der Waals surface area (Å²) in [6.07, 6.45) is 3.31. The maximum absolute atomic E-state index is 12.6. The summed E-state index contributed by atoms with van der Waals surface area (Å²) in [5, 5.41) is 6.23. The summed E-state index contributed by atoms with van der Waals surface area (Å²) in [4.78, 5) is 16.9. The van der Waals surface area contributed by atoms with E-state index in [4.69, 9.17) is 13.9 Å². The van der Waals surface area contributed by atoms with Crippen molar-refractivity contribution in [3.63, 3.8) is 0 Å². The van der Waals surface area contributed by atoms with Gasteiger partial charge in [-0.15, -0.1) is 11.3 Å². The van der Waals surface area contributed by atoms with Gasteiger partial charge in [-0.05, 0) is 45.4 Å². The molecule has 0 aliphatic rings. The van der Waals surface area contributed by atoms with Crippen LogP contribution in [0.5, 0.6) is 11.5 Å². The molecule has 4 aromatic rings. The molecule has 0 atom stereocenters. The lowest BCUT2D eigenvalue weighted by Crippen LogP contribution is -2.08. The minimum atomic E-state index is -0.237. The SMILES string of the molecule is CCOc1c(/C(C)=C/C(=O)Nc2nc(C)cs2)cc2c(-c3ccccc3OC)coc2c1C. The lowest BCUT2D eigenvalue weighted by molar-refractivity contribution is -0.111. The third-order valence-electron chi connectivity index (χ3n) is 5.35. The topological polar surface area (TPSA) is 73.6 Å². The van der Waals surface area contributed by atoms with Gasteiger partial charge < -0.3 is 13.9 Å². The second kappa shape index (κ2) is 9.50. The van der Waals surface area contributed by atoms with Gasteiger partial charge in [0.05, 0.1) is 25.7 Å². The van der Waals surface area contributed by atoms with Crippen molar-refractivity contribution in [2.45, 2.75) is 27.7 Å². The quantitative estimate of drug-likeness (QED) is 0.312. The maximum atomic E-state index is 12.6. The lowest BCUT2D eigenvalue weighted by Gasteiger charge is -2.15. The van der Waals surface area contributed by atoms with Crippen molar-refractivity contribution >= 4 is 38.9 Å². The number of hydrogen-bond acceptors (Lipinski definition) is 6. The highest BCUT2D eigenvalue weighted by atomic mass is 32.1. The molecule has 170 valence electrons. The number of rotatable bonds is 7. The molecule has 2 heterocycles. The van der Waals surface area contributed by atoms with Crippen LogP contribution in [0.4, 0.5) is 5.13 Å². The highest BCUT2D eigenvalue weighted by molar-refractivity contribution is 7.13. The van der Waals surface area contributed by atoms with Gasteiger partial charge in [0.15, 0.2) is 5.13 Å². The van der Waals surface area contributed by atoms with Crippen LogP contribution in [0.2, 0.25) is 0 Å². The Morgan fingerprint density at radius 2 is 2.03 bits per heavy atom. The molecule has 0 spiro atoms. The molecule has 2 aromatic heterocycles. The number of hydrogen-bond donors (Lipinski definition) is 1. The molecule has 7 heteroatoms. The molecule has 0 aliphatic carbocycles. The number of benzene rings is 2. The van der Waals surface area contributed by atoms with Gasteiger partial charge >= 0.3 is 0 Å². The standard InChI is InChI=1S/C26H26N2O4S/c1-6-31-24-17(4)25-20(21(13-32-25)18-9-7-8-10-22(18)30-5)12-19(24)15(2)11-23(29)28-26-27-16(3)14-33-26/h7-14H,6H2,1-5H3,(H,27,28,29)/b15-11+. The van der Waals surface area contributed by atoms with Crippen molar-refractivity contribution in [2.75, 3.05) is 19.0 Å². The molecule has 0 unspecified atom stereocenters. The third kappa shape index (κ3) is 4.50. The maximum Gasteiger partial charge on any atom is 0.250 e. The van der Waals surface area contributed by atoms with E-state index >= 15 is 0 Å². The van der Waals surface area contributed by atoms with Gasteiger partial charge in [-0.25, -0.2) is 4.98 Å². The zero-order chi connectivity index (χ0) is 23.5. The number of para-hydroxylation sites is 1. The molecule has 33 heavy (non-hydrogen) atoms. The van der Waals surface area contributed by atoms with Crippen LogP contribution in [-0.2, 0) is 4.79 Å². The van der Waals surface area contributed by atoms with Crippen molar-refractivity contribution in [3.8, 4) is 22.6 Å². The van der Waals surface area contributed by atoms with E-state index < -0.39 is 0 Å². The summed E-state index contributed by atoms with van der Waals surface area (Å²) in [6, 6.07) is 9.84. The van der Waals surface area contributed by atoms with Gasteiger partial charge in [0.1, 0.15) is 17.1 Å². The van der Waals surface area contributed by atoms with E-state index in [-0.39, 0.29) is 5.91 Å². The molecule has 6 nitrogen and oxygen atoms in total. The van der Waals surface area contributed by atoms with Crippen molar-refractivity contribution in [3.05, 3.63) is 64.9 Å². The molecule has 0 saturated carbocycles. The Morgan fingerprint density at radius 3 is 2.73 bits per heavy atom. The predicted molar refractivity (Wildman–Crippen MR) is 133 cm³/mol. The number of carbonyl (C=O) groups excluding carboxylic acids is 1. The van der Waals surface area contributed by atoms with Crippen LogP contribution in [0.1, 0.15) is 30.7 Å². The minimum Gasteiger partial charge on any atom is -0.496 e. The Bertz CT molecular complexity index is 1350. The fraction of sp³-hybridized carbons (Fsp3) is 0.231. The summed E-state index contributed by atoms with van der Waals surface area (Å²) < 4.78 is 17.5. The smallest absolute Gasteiger partial charge is 0.250 e. The number of fused-ring (bicyclic) bond motifs is 1. The molecule has 0 radical (unpaired) electrons. The number of thiazole rings is 1. The number of furan rings is 1. The Kier molecular flexibility index (Phi) is 6.51. The molecule has 1 amide bonds. The second-order valence-electron chi connectivity index (χ2n) is 7.65. The van der Waals surface area contributed by atoms with Gasteiger partial charge in [0.2, 0.25) is 5.91 Å². The Morgan fingerprint density at radius 1 is 1.24 bits per heavy atom. The van der Waals surface area contributed by atoms with Gasteiger partial charge in [0.25, 0.3) is 0 Å². The number of amides is 1. The van der Waals surface area contributed by atoms with E-state index in [1.807, 2.05) is 63.4 Å². The number of ether oxygens (including phenoxy) is 2. The molecule has 4 rings (SSSR count). The van der Waals surface area contributed by atoms with E-state index in [1.165, 1.54) is 11.3 Å². The number of nitrogens with zero attached hydrogens (tertiary/aromatic N) is 1. The van der Waals surface area contributed by atoms with Crippen LogP contribution in [0.25, 0.3) is 27.7 Å². The summed E-state index contributed by atoms with van der Waals surface area (Å²) in [7, 11) is 1.65. The Hall–Kier alpha value is -3.58. The molecule has 0 aliphatic heterocycles. The molecule has 0 bridgehead atoms. The minimum absolute atomic E-state index is 0.237. The molecule has 1 N–H and O–H groups in total. The first-order chi connectivity index (χ1) is 15.9. The number of carbonyl (C=O) groups is 1. The van der Waals surface area contributed by atoms with E-state index in [0.29, 0.717) is 17.5 Å². The van der Waals surface area contributed by atoms with Crippen LogP contribution in [-0.4, -0.2) is 24.6 Å². The van der Waals surface area contributed by atoms with Gasteiger partial charge in [-0.3, -0.25) is 10.1 Å². The number of methoxy groups -OCH3 is 1. The normalized spacial score (nSPS) is 11.6. The molecular formula is C26H26N2O4S. The van der Waals surface area contributed by atoms with E-state index in [2.05, 4.69) is 10.3 Å². The predicted octanol–water partition coefficient (Wildman–Crippen LogP) is 6.62. The average Bonchev–Trinajstić information content (AvgIpc) is 3.41. The first-order valence-electron chi connectivity index (χ1n) is 10.7. The van der Waals surface area contributed by atoms with Crippen molar-refractivity contribution < 1.29 is 18.7 Å². The second-order valence-corrected chi connectivity index (χ2v) is 8.51. The number of anilines is 1. The number of allylic oxidation sites excluding steroid dienone is 1. The van der Waals surface area contributed by atoms with E-state index in [0.717, 1.165) is 50.2 Å². The van der Waals surface area contributed by atoms with Crippen molar-refractivity contribution in [1.82, 2.24) is 4.98 Å². The monoisotopic (exact) mass is 462 g/mol. The summed E-state index contributed by atoms with van der Waals surface area (Å²) in [5.74, 6) is 1.23. The van der Waals surface area contributed by atoms with E-state index in [1.54, 1.807) is 19.4 Å². The summed E-state index contributed by atoms with van der Waals surface area (Å²) in [5.41, 5.74) is 5.98.